The maximum atomic E-state index is 11.1. The van der Waals surface area contributed by atoms with E-state index >= 15 is 0 Å². The molecule has 1 atom stereocenters. The van der Waals surface area contributed by atoms with E-state index in [4.69, 9.17) is 15.6 Å². The Morgan fingerprint density at radius 2 is 2.05 bits per heavy atom. The van der Waals surface area contributed by atoms with Gasteiger partial charge in [0.15, 0.2) is 0 Å². The molecule has 5 nitrogen and oxygen atoms in total. The number of nitrogens with two attached hydrogens (primary N) is 1. The average Bonchev–Trinajstić information content (AvgIpc) is 2.40. The first kappa shape index (κ1) is 16.4. The van der Waals surface area contributed by atoms with E-state index in [9.17, 15) is 4.79 Å². The van der Waals surface area contributed by atoms with Crippen LogP contribution in [0.2, 0.25) is 0 Å². The number of carboxylic acid groups (broad SMARTS) is 1. The fourth-order valence-electron chi connectivity index (χ4n) is 2.59. The number of ether oxygens (including phenoxy) is 1. The minimum Gasteiger partial charge on any atom is -0.480 e. The zero-order valence-corrected chi connectivity index (χ0v) is 12.2. The molecule has 1 aliphatic rings. The summed E-state index contributed by atoms with van der Waals surface area (Å²) in [6, 6.07) is 0. The van der Waals surface area contributed by atoms with Gasteiger partial charge in [-0.05, 0) is 45.6 Å². The topological polar surface area (TPSA) is 75.8 Å². The first-order valence-electron chi connectivity index (χ1n) is 7.38. The molecular formula is C14H28N2O3. The highest BCUT2D eigenvalue weighted by molar-refractivity contribution is 5.78. The Morgan fingerprint density at radius 3 is 2.53 bits per heavy atom. The van der Waals surface area contributed by atoms with E-state index in [1.807, 2.05) is 13.8 Å². The number of hydrogen-bond donors (Lipinski definition) is 2. The number of rotatable bonds is 8. The second-order valence-electron chi connectivity index (χ2n) is 5.41. The summed E-state index contributed by atoms with van der Waals surface area (Å²) in [4.78, 5) is 13.5. The van der Waals surface area contributed by atoms with Gasteiger partial charge in [0.2, 0.25) is 0 Å². The van der Waals surface area contributed by atoms with Gasteiger partial charge in [-0.15, -0.1) is 0 Å². The van der Waals surface area contributed by atoms with Crippen molar-refractivity contribution in [2.75, 3.05) is 26.2 Å². The van der Waals surface area contributed by atoms with Crippen molar-refractivity contribution in [2.45, 2.75) is 57.6 Å². The van der Waals surface area contributed by atoms with Gasteiger partial charge in [0, 0.05) is 19.7 Å². The largest absolute Gasteiger partial charge is 0.480 e. The monoisotopic (exact) mass is 272 g/mol. The third-order valence-electron chi connectivity index (χ3n) is 4.09. The summed E-state index contributed by atoms with van der Waals surface area (Å²) >= 11 is 0. The molecule has 19 heavy (non-hydrogen) atoms. The smallest absolute Gasteiger partial charge is 0.323 e. The van der Waals surface area contributed by atoms with Gasteiger partial charge < -0.3 is 20.5 Å². The standard InChI is InChI=1S/C14H28N2O3/c1-3-14(15,13(17)18)8-5-9-16-10-6-12(7-11-16)19-4-2/h12H,3-11,15H2,1-2H3,(H,17,18). The van der Waals surface area contributed by atoms with E-state index < -0.39 is 11.5 Å². The van der Waals surface area contributed by atoms with E-state index in [1.54, 1.807) is 0 Å². The average molecular weight is 272 g/mol. The SMILES string of the molecule is CCOC1CCN(CCCC(N)(CC)C(=O)O)CC1. The molecule has 1 rings (SSSR count). The summed E-state index contributed by atoms with van der Waals surface area (Å²) in [5.74, 6) is -0.884. The van der Waals surface area contributed by atoms with Crippen LogP contribution in [-0.2, 0) is 9.53 Å². The van der Waals surface area contributed by atoms with Crippen molar-refractivity contribution >= 4 is 5.97 Å². The lowest BCUT2D eigenvalue weighted by Gasteiger charge is -2.32. The summed E-state index contributed by atoms with van der Waals surface area (Å²) in [6.07, 6.45) is 4.43. The van der Waals surface area contributed by atoms with Gasteiger partial charge in [0.05, 0.1) is 6.10 Å². The van der Waals surface area contributed by atoms with E-state index in [2.05, 4.69) is 4.90 Å². The van der Waals surface area contributed by atoms with Gasteiger partial charge in [0.25, 0.3) is 0 Å². The van der Waals surface area contributed by atoms with Crippen molar-refractivity contribution < 1.29 is 14.6 Å². The molecule has 1 unspecified atom stereocenters. The number of hydrogen-bond acceptors (Lipinski definition) is 4. The quantitative estimate of drug-likeness (QED) is 0.699. The maximum absolute atomic E-state index is 11.1. The minimum absolute atomic E-state index is 0.407. The molecule has 3 N–H and O–H groups in total. The third kappa shape index (κ3) is 5.09. The van der Waals surface area contributed by atoms with E-state index in [1.165, 1.54) is 0 Å². The Bertz CT molecular complexity index is 278. The molecule has 0 saturated carbocycles. The van der Waals surface area contributed by atoms with Crippen molar-refractivity contribution in [3.8, 4) is 0 Å². The molecule has 5 heteroatoms. The highest BCUT2D eigenvalue weighted by atomic mass is 16.5. The van der Waals surface area contributed by atoms with E-state index in [0.717, 1.165) is 45.5 Å². The van der Waals surface area contributed by atoms with Crippen LogP contribution in [0.3, 0.4) is 0 Å². The van der Waals surface area contributed by atoms with Crippen molar-refractivity contribution in [3.05, 3.63) is 0 Å². The zero-order chi connectivity index (χ0) is 14.3. The molecule has 0 aromatic rings. The van der Waals surface area contributed by atoms with Crippen molar-refractivity contribution in [2.24, 2.45) is 5.73 Å². The summed E-state index contributed by atoms with van der Waals surface area (Å²) in [5.41, 5.74) is 4.83. The lowest BCUT2D eigenvalue weighted by atomic mass is 9.91. The fourth-order valence-corrected chi connectivity index (χ4v) is 2.59. The molecule has 0 radical (unpaired) electrons. The Hall–Kier alpha value is -0.650. The van der Waals surface area contributed by atoms with Crippen LogP contribution in [0.1, 0.15) is 46.0 Å². The van der Waals surface area contributed by atoms with Crippen LogP contribution >= 0.6 is 0 Å². The van der Waals surface area contributed by atoms with Crippen LogP contribution in [0.4, 0.5) is 0 Å². The van der Waals surface area contributed by atoms with Crippen LogP contribution < -0.4 is 5.73 Å². The molecule has 0 aliphatic carbocycles. The van der Waals surface area contributed by atoms with Crippen LogP contribution in [-0.4, -0.2) is 53.9 Å². The number of aliphatic carboxylic acids is 1. The van der Waals surface area contributed by atoms with Gasteiger partial charge in [0.1, 0.15) is 5.54 Å². The van der Waals surface area contributed by atoms with Gasteiger partial charge >= 0.3 is 5.97 Å². The highest BCUT2D eigenvalue weighted by Crippen LogP contribution is 2.17. The van der Waals surface area contributed by atoms with Crippen molar-refractivity contribution in [1.29, 1.82) is 0 Å². The molecule has 0 aromatic heterocycles. The number of likely N-dealkylation sites (tertiary alicyclic amines) is 1. The predicted molar refractivity (Wildman–Crippen MR) is 75.2 cm³/mol. The molecule has 0 amide bonds. The highest BCUT2D eigenvalue weighted by Gasteiger charge is 2.31. The first-order valence-corrected chi connectivity index (χ1v) is 7.38. The lowest BCUT2D eigenvalue weighted by Crippen LogP contribution is -2.48. The Kier molecular flexibility index (Phi) is 6.75. The summed E-state index contributed by atoms with van der Waals surface area (Å²) in [5, 5.41) is 9.11. The zero-order valence-electron chi connectivity index (χ0n) is 12.2. The minimum atomic E-state index is -1.05. The molecule has 112 valence electrons. The Balaban J connectivity index is 2.22. The Morgan fingerprint density at radius 1 is 1.42 bits per heavy atom. The van der Waals surface area contributed by atoms with E-state index in [-0.39, 0.29) is 0 Å². The van der Waals surface area contributed by atoms with Gasteiger partial charge in [-0.25, -0.2) is 0 Å². The van der Waals surface area contributed by atoms with Gasteiger partial charge in [-0.2, -0.15) is 0 Å². The van der Waals surface area contributed by atoms with Crippen molar-refractivity contribution in [1.82, 2.24) is 4.90 Å². The van der Waals surface area contributed by atoms with Crippen LogP contribution in [0.5, 0.6) is 0 Å². The number of piperidine rings is 1. The second-order valence-corrected chi connectivity index (χ2v) is 5.41. The van der Waals surface area contributed by atoms with Crippen LogP contribution in [0.15, 0.2) is 0 Å². The molecule has 1 saturated heterocycles. The third-order valence-corrected chi connectivity index (χ3v) is 4.09. The molecule has 1 aliphatic heterocycles. The number of carbonyl (C=O) groups is 1. The maximum Gasteiger partial charge on any atom is 0.323 e. The summed E-state index contributed by atoms with van der Waals surface area (Å²) in [6.45, 7) is 7.68. The summed E-state index contributed by atoms with van der Waals surface area (Å²) in [7, 11) is 0. The second kappa shape index (κ2) is 7.82. The molecule has 0 bridgehead atoms. The van der Waals surface area contributed by atoms with Crippen LogP contribution in [0.25, 0.3) is 0 Å². The molecule has 1 fully saturated rings. The lowest BCUT2D eigenvalue weighted by molar-refractivity contribution is -0.143. The first-order chi connectivity index (χ1) is 9.01. The molecule has 1 heterocycles. The van der Waals surface area contributed by atoms with Crippen molar-refractivity contribution in [3.63, 3.8) is 0 Å². The normalized spacial score (nSPS) is 21.2. The predicted octanol–water partition coefficient (Wildman–Crippen LogP) is 1.46. The molecule has 0 aromatic carbocycles. The van der Waals surface area contributed by atoms with Crippen LogP contribution in [0, 0.1) is 0 Å². The number of carboxylic acids is 1. The Labute approximate surface area is 116 Å². The van der Waals surface area contributed by atoms with E-state index in [0.29, 0.717) is 18.9 Å². The number of nitrogens with zero attached hydrogens (tertiary/aromatic N) is 1. The molecular weight excluding hydrogens is 244 g/mol. The molecule has 0 spiro atoms. The van der Waals surface area contributed by atoms with Gasteiger partial charge in [-0.1, -0.05) is 6.92 Å². The fraction of sp³-hybridized carbons (Fsp3) is 0.929. The van der Waals surface area contributed by atoms with Gasteiger partial charge in [-0.3, -0.25) is 4.79 Å². The summed E-state index contributed by atoms with van der Waals surface area (Å²) < 4.78 is 5.61.